The van der Waals surface area contributed by atoms with E-state index < -0.39 is 0 Å². The van der Waals surface area contributed by atoms with Crippen LogP contribution < -0.4 is 10.6 Å². The molecule has 1 aliphatic rings. The molecular formula is C14H28N2O. The average molecular weight is 240 g/mol. The Morgan fingerprint density at radius 2 is 2.12 bits per heavy atom. The van der Waals surface area contributed by atoms with Gasteiger partial charge in [0, 0.05) is 12.6 Å². The highest BCUT2D eigenvalue weighted by Crippen LogP contribution is 2.35. The lowest BCUT2D eigenvalue weighted by Gasteiger charge is -2.39. The molecular weight excluding hydrogens is 212 g/mol. The molecule has 2 N–H and O–H groups in total. The third kappa shape index (κ3) is 5.07. The van der Waals surface area contributed by atoms with Gasteiger partial charge in [-0.3, -0.25) is 4.79 Å². The van der Waals surface area contributed by atoms with Crippen molar-refractivity contribution in [1.29, 1.82) is 0 Å². The highest BCUT2D eigenvalue weighted by atomic mass is 16.1. The van der Waals surface area contributed by atoms with Gasteiger partial charge in [0.25, 0.3) is 0 Å². The maximum atomic E-state index is 11.6. The van der Waals surface area contributed by atoms with Crippen molar-refractivity contribution >= 4 is 5.91 Å². The van der Waals surface area contributed by atoms with E-state index in [4.69, 9.17) is 0 Å². The highest BCUT2D eigenvalue weighted by molar-refractivity contribution is 5.77. The largest absolute Gasteiger partial charge is 0.355 e. The van der Waals surface area contributed by atoms with Crippen molar-refractivity contribution in [2.24, 2.45) is 5.41 Å². The Labute approximate surface area is 106 Å². The summed E-state index contributed by atoms with van der Waals surface area (Å²) in [7, 11) is 0. The lowest BCUT2D eigenvalue weighted by atomic mass is 9.73. The van der Waals surface area contributed by atoms with Crippen molar-refractivity contribution in [2.75, 3.05) is 13.1 Å². The Bertz CT molecular complexity index is 238. The van der Waals surface area contributed by atoms with Crippen LogP contribution in [0.25, 0.3) is 0 Å². The molecule has 0 aliphatic heterocycles. The molecule has 1 unspecified atom stereocenters. The Kier molecular flexibility index (Phi) is 5.96. The van der Waals surface area contributed by atoms with E-state index in [0.717, 1.165) is 19.4 Å². The first-order chi connectivity index (χ1) is 8.06. The van der Waals surface area contributed by atoms with Crippen LogP contribution in [-0.2, 0) is 4.79 Å². The number of hydrogen-bond donors (Lipinski definition) is 2. The maximum Gasteiger partial charge on any atom is 0.233 e. The van der Waals surface area contributed by atoms with Gasteiger partial charge < -0.3 is 10.6 Å². The molecule has 17 heavy (non-hydrogen) atoms. The second kappa shape index (κ2) is 7.00. The molecule has 1 aliphatic carbocycles. The summed E-state index contributed by atoms with van der Waals surface area (Å²) < 4.78 is 0. The summed E-state index contributed by atoms with van der Waals surface area (Å²) in [6.07, 6.45) is 7.29. The highest BCUT2D eigenvalue weighted by Gasteiger charge is 2.31. The SMILES string of the molecule is CCCCNC(=O)CNC1CCCCC1(C)C. The summed E-state index contributed by atoms with van der Waals surface area (Å²) in [5, 5.41) is 6.38. The van der Waals surface area contributed by atoms with Gasteiger partial charge in [-0.05, 0) is 24.7 Å². The molecule has 0 spiro atoms. The summed E-state index contributed by atoms with van der Waals surface area (Å²) in [6.45, 7) is 8.02. The van der Waals surface area contributed by atoms with Gasteiger partial charge in [-0.2, -0.15) is 0 Å². The maximum absolute atomic E-state index is 11.6. The zero-order valence-electron chi connectivity index (χ0n) is 11.6. The van der Waals surface area contributed by atoms with Crippen LogP contribution in [0.15, 0.2) is 0 Å². The molecule has 0 aromatic carbocycles. The van der Waals surface area contributed by atoms with Crippen molar-refractivity contribution in [3.05, 3.63) is 0 Å². The first kappa shape index (κ1) is 14.5. The van der Waals surface area contributed by atoms with Gasteiger partial charge in [-0.15, -0.1) is 0 Å². The normalized spacial score (nSPS) is 23.4. The second-order valence-electron chi connectivity index (χ2n) is 5.87. The summed E-state index contributed by atoms with van der Waals surface area (Å²) >= 11 is 0. The number of carbonyl (C=O) groups excluding carboxylic acids is 1. The number of amides is 1. The quantitative estimate of drug-likeness (QED) is 0.700. The molecule has 0 aromatic rings. The minimum atomic E-state index is 0.139. The van der Waals surface area contributed by atoms with E-state index in [1.165, 1.54) is 25.7 Å². The molecule has 1 saturated carbocycles. The number of nitrogens with one attached hydrogen (secondary N) is 2. The predicted molar refractivity (Wildman–Crippen MR) is 72.0 cm³/mol. The first-order valence-electron chi connectivity index (χ1n) is 7.06. The molecule has 1 rings (SSSR count). The Balaban J connectivity index is 2.22. The van der Waals surface area contributed by atoms with Crippen LogP contribution in [0.5, 0.6) is 0 Å². The third-order valence-electron chi connectivity index (χ3n) is 3.87. The molecule has 0 saturated heterocycles. The van der Waals surface area contributed by atoms with Crippen LogP contribution in [-0.4, -0.2) is 25.0 Å². The number of rotatable bonds is 6. The van der Waals surface area contributed by atoms with Gasteiger partial charge in [0.1, 0.15) is 0 Å². The molecule has 1 amide bonds. The number of carbonyl (C=O) groups is 1. The van der Waals surface area contributed by atoms with E-state index in [-0.39, 0.29) is 5.91 Å². The first-order valence-corrected chi connectivity index (χ1v) is 7.06. The Hall–Kier alpha value is -0.570. The molecule has 100 valence electrons. The standard InChI is InChI=1S/C14H28N2O/c1-4-5-10-15-13(17)11-16-12-8-6-7-9-14(12,2)3/h12,16H,4-11H2,1-3H3,(H,15,17). The fourth-order valence-corrected chi connectivity index (χ4v) is 2.56. The molecule has 0 heterocycles. The predicted octanol–water partition coefficient (Wildman–Crippen LogP) is 2.46. The molecule has 0 bridgehead atoms. The van der Waals surface area contributed by atoms with Crippen LogP contribution in [0.1, 0.15) is 59.3 Å². The molecule has 3 nitrogen and oxygen atoms in total. The zero-order chi connectivity index (χ0) is 12.7. The molecule has 1 fully saturated rings. The Morgan fingerprint density at radius 1 is 1.35 bits per heavy atom. The van der Waals surface area contributed by atoms with E-state index in [0.29, 0.717) is 18.0 Å². The van der Waals surface area contributed by atoms with Gasteiger partial charge in [0.2, 0.25) is 5.91 Å². The number of unbranched alkanes of at least 4 members (excludes halogenated alkanes) is 1. The summed E-state index contributed by atoms with van der Waals surface area (Å²) in [5.41, 5.74) is 0.335. The monoisotopic (exact) mass is 240 g/mol. The van der Waals surface area contributed by atoms with E-state index in [9.17, 15) is 4.79 Å². The second-order valence-corrected chi connectivity index (χ2v) is 5.87. The zero-order valence-corrected chi connectivity index (χ0v) is 11.6. The van der Waals surface area contributed by atoms with E-state index in [2.05, 4.69) is 31.4 Å². The lowest BCUT2D eigenvalue weighted by Crippen LogP contribution is -2.47. The van der Waals surface area contributed by atoms with Gasteiger partial charge in [-0.25, -0.2) is 0 Å². The fourth-order valence-electron chi connectivity index (χ4n) is 2.56. The summed E-state index contributed by atoms with van der Waals surface area (Å²) in [6, 6.07) is 0.494. The number of hydrogen-bond acceptors (Lipinski definition) is 2. The molecule has 1 atom stereocenters. The Morgan fingerprint density at radius 3 is 2.76 bits per heavy atom. The topological polar surface area (TPSA) is 41.1 Å². The lowest BCUT2D eigenvalue weighted by molar-refractivity contribution is -0.120. The smallest absolute Gasteiger partial charge is 0.233 e. The van der Waals surface area contributed by atoms with Crippen molar-refractivity contribution in [2.45, 2.75) is 65.3 Å². The minimum absolute atomic E-state index is 0.139. The molecule has 3 heteroatoms. The van der Waals surface area contributed by atoms with E-state index in [1.807, 2.05) is 0 Å². The van der Waals surface area contributed by atoms with Gasteiger partial charge >= 0.3 is 0 Å². The summed E-state index contributed by atoms with van der Waals surface area (Å²) in [5.74, 6) is 0.139. The van der Waals surface area contributed by atoms with Crippen molar-refractivity contribution in [1.82, 2.24) is 10.6 Å². The minimum Gasteiger partial charge on any atom is -0.355 e. The van der Waals surface area contributed by atoms with E-state index in [1.54, 1.807) is 0 Å². The third-order valence-corrected chi connectivity index (χ3v) is 3.87. The van der Waals surface area contributed by atoms with Crippen molar-refractivity contribution in [3.8, 4) is 0 Å². The van der Waals surface area contributed by atoms with Crippen molar-refractivity contribution < 1.29 is 4.79 Å². The van der Waals surface area contributed by atoms with Crippen LogP contribution in [0, 0.1) is 5.41 Å². The summed E-state index contributed by atoms with van der Waals surface area (Å²) in [4.78, 5) is 11.6. The van der Waals surface area contributed by atoms with Crippen LogP contribution in [0.4, 0.5) is 0 Å². The van der Waals surface area contributed by atoms with Crippen molar-refractivity contribution in [3.63, 3.8) is 0 Å². The van der Waals surface area contributed by atoms with Gasteiger partial charge in [0.15, 0.2) is 0 Å². The van der Waals surface area contributed by atoms with Gasteiger partial charge in [0.05, 0.1) is 6.54 Å². The van der Waals surface area contributed by atoms with Gasteiger partial charge in [-0.1, -0.05) is 40.0 Å². The molecule has 0 radical (unpaired) electrons. The van der Waals surface area contributed by atoms with Crippen LogP contribution in [0.3, 0.4) is 0 Å². The average Bonchev–Trinajstić information content (AvgIpc) is 2.27. The van der Waals surface area contributed by atoms with Crippen LogP contribution in [0.2, 0.25) is 0 Å². The van der Waals surface area contributed by atoms with E-state index >= 15 is 0 Å². The molecule has 0 aromatic heterocycles. The fraction of sp³-hybridized carbons (Fsp3) is 0.929. The van der Waals surface area contributed by atoms with Crippen LogP contribution >= 0.6 is 0 Å².